The molecule has 0 aliphatic heterocycles. The van der Waals surface area contributed by atoms with E-state index in [2.05, 4.69) is 0 Å². The van der Waals surface area contributed by atoms with Crippen molar-refractivity contribution in [2.75, 3.05) is 7.05 Å². The quantitative estimate of drug-likeness (QED) is 0.725. The van der Waals surface area contributed by atoms with Crippen molar-refractivity contribution in [3.63, 3.8) is 0 Å². The molecule has 0 aliphatic carbocycles. The maximum Gasteiger partial charge on any atom is 0.240 e. The van der Waals surface area contributed by atoms with E-state index in [0.29, 0.717) is 6.54 Å². The summed E-state index contributed by atoms with van der Waals surface area (Å²) in [5.41, 5.74) is 2.34. The fourth-order valence-corrected chi connectivity index (χ4v) is 1.52. The van der Waals surface area contributed by atoms with Crippen LogP contribution in [0.1, 0.15) is 18.1 Å². The van der Waals surface area contributed by atoms with Gasteiger partial charge in [0, 0.05) is 13.6 Å². The van der Waals surface area contributed by atoms with Crippen molar-refractivity contribution >= 4 is 17.5 Å². The Morgan fingerprint density at radius 3 is 2.40 bits per heavy atom. The third kappa shape index (κ3) is 3.56. The molecule has 0 bridgehead atoms. The molecule has 2 nitrogen and oxygen atoms in total. The molecule has 0 saturated carbocycles. The van der Waals surface area contributed by atoms with E-state index in [0.717, 1.165) is 5.56 Å². The van der Waals surface area contributed by atoms with Gasteiger partial charge < -0.3 is 4.90 Å². The first-order valence-corrected chi connectivity index (χ1v) is 5.39. The molecule has 0 aliphatic rings. The topological polar surface area (TPSA) is 20.3 Å². The van der Waals surface area contributed by atoms with Crippen LogP contribution in [0.4, 0.5) is 0 Å². The molecule has 3 heteroatoms. The van der Waals surface area contributed by atoms with E-state index in [1.807, 2.05) is 31.2 Å². The molecular formula is C12H16ClNO. The van der Waals surface area contributed by atoms with E-state index in [-0.39, 0.29) is 5.91 Å². The van der Waals surface area contributed by atoms with Crippen LogP contribution in [0, 0.1) is 6.92 Å². The second-order valence-electron chi connectivity index (χ2n) is 3.80. The second-order valence-corrected chi connectivity index (χ2v) is 4.45. The summed E-state index contributed by atoms with van der Waals surface area (Å²) in [5, 5.41) is -0.458. The molecular weight excluding hydrogens is 210 g/mol. The van der Waals surface area contributed by atoms with Crippen LogP contribution in [-0.2, 0) is 11.3 Å². The predicted octanol–water partition coefficient (Wildman–Crippen LogP) is 2.58. The number of carbonyl (C=O) groups is 1. The number of rotatable bonds is 3. The van der Waals surface area contributed by atoms with E-state index in [1.165, 1.54) is 5.56 Å². The van der Waals surface area contributed by atoms with Crippen molar-refractivity contribution in [3.05, 3.63) is 35.4 Å². The average molecular weight is 226 g/mol. The normalized spacial score (nSPS) is 12.3. The van der Waals surface area contributed by atoms with Gasteiger partial charge >= 0.3 is 0 Å². The van der Waals surface area contributed by atoms with Gasteiger partial charge in [-0.2, -0.15) is 0 Å². The van der Waals surface area contributed by atoms with Crippen LogP contribution in [0.15, 0.2) is 24.3 Å². The molecule has 1 rings (SSSR count). The second kappa shape index (κ2) is 5.17. The highest BCUT2D eigenvalue weighted by atomic mass is 35.5. The predicted molar refractivity (Wildman–Crippen MR) is 63.0 cm³/mol. The molecule has 0 aromatic heterocycles. The van der Waals surface area contributed by atoms with E-state index in [1.54, 1.807) is 18.9 Å². The molecule has 0 heterocycles. The lowest BCUT2D eigenvalue weighted by molar-refractivity contribution is -0.129. The van der Waals surface area contributed by atoms with Crippen molar-refractivity contribution in [1.29, 1.82) is 0 Å². The summed E-state index contributed by atoms with van der Waals surface area (Å²) in [7, 11) is 1.76. The van der Waals surface area contributed by atoms with Gasteiger partial charge in [-0.1, -0.05) is 29.8 Å². The lowest BCUT2D eigenvalue weighted by Gasteiger charge is -2.18. The Labute approximate surface area is 95.8 Å². The minimum atomic E-state index is -0.458. The largest absolute Gasteiger partial charge is 0.340 e. The van der Waals surface area contributed by atoms with Gasteiger partial charge in [0.05, 0.1) is 0 Å². The molecule has 0 fully saturated rings. The lowest BCUT2D eigenvalue weighted by atomic mass is 10.1. The summed E-state index contributed by atoms with van der Waals surface area (Å²) in [4.78, 5) is 13.1. The number of halogens is 1. The zero-order valence-electron chi connectivity index (χ0n) is 9.33. The molecule has 1 unspecified atom stereocenters. The number of hydrogen-bond donors (Lipinski definition) is 0. The van der Waals surface area contributed by atoms with Gasteiger partial charge in [0.15, 0.2) is 0 Å². The third-order valence-electron chi connectivity index (χ3n) is 2.26. The summed E-state index contributed by atoms with van der Waals surface area (Å²) in [6.07, 6.45) is 0. The zero-order valence-corrected chi connectivity index (χ0v) is 10.1. The fourth-order valence-electron chi connectivity index (χ4n) is 1.35. The number of nitrogens with zero attached hydrogens (tertiary/aromatic N) is 1. The van der Waals surface area contributed by atoms with E-state index in [9.17, 15) is 4.79 Å². The third-order valence-corrected chi connectivity index (χ3v) is 2.44. The fraction of sp³-hybridized carbons (Fsp3) is 0.417. The van der Waals surface area contributed by atoms with Crippen LogP contribution in [0.5, 0.6) is 0 Å². The Balaban J connectivity index is 2.62. The summed E-state index contributed by atoms with van der Waals surface area (Å²) in [6, 6.07) is 8.13. The van der Waals surface area contributed by atoms with Gasteiger partial charge in [0.2, 0.25) is 5.91 Å². The van der Waals surface area contributed by atoms with Gasteiger partial charge in [0.25, 0.3) is 0 Å². The molecule has 1 amide bonds. The van der Waals surface area contributed by atoms with Crippen LogP contribution in [0.3, 0.4) is 0 Å². The minimum Gasteiger partial charge on any atom is -0.340 e. The van der Waals surface area contributed by atoms with Crippen LogP contribution in [-0.4, -0.2) is 23.2 Å². The first kappa shape index (κ1) is 12.1. The highest BCUT2D eigenvalue weighted by Crippen LogP contribution is 2.08. The van der Waals surface area contributed by atoms with E-state index < -0.39 is 5.38 Å². The van der Waals surface area contributed by atoms with Gasteiger partial charge in [-0.15, -0.1) is 11.6 Å². The molecule has 1 aromatic carbocycles. The summed E-state index contributed by atoms with van der Waals surface area (Å²) in [5.74, 6) is -0.0442. The molecule has 82 valence electrons. The average Bonchev–Trinajstić information content (AvgIpc) is 2.20. The number of benzene rings is 1. The SMILES string of the molecule is Cc1ccc(CN(C)C(=O)C(C)Cl)cc1. The highest BCUT2D eigenvalue weighted by Gasteiger charge is 2.14. The van der Waals surface area contributed by atoms with Crippen LogP contribution in [0.2, 0.25) is 0 Å². The van der Waals surface area contributed by atoms with Gasteiger partial charge in [-0.25, -0.2) is 0 Å². The Morgan fingerprint density at radius 1 is 1.40 bits per heavy atom. The number of carbonyl (C=O) groups excluding carboxylic acids is 1. The van der Waals surface area contributed by atoms with E-state index in [4.69, 9.17) is 11.6 Å². The Kier molecular flexibility index (Phi) is 4.15. The van der Waals surface area contributed by atoms with Crippen LogP contribution >= 0.6 is 11.6 Å². The van der Waals surface area contributed by atoms with Crippen molar-refractivity contribution in [1.82, 2.24) is 4.90 Å². The molecule has 1 aromatic rings. The number of alkyl halides is 1. The Morgan fingerprint density at radius 2 is 1.93 bits per heavy atom. The molecule has 0 saturated heterocycles. The zero-order chi connectivity index (χ0) is 11.4. The molecule has 0 radical (unpaired) electrons. The molecule has 0 N–H and O–H groups in total. The van der Waals surface area contributed by atoms with Gasteiger partial charge in [-0.3, -0.25) is 4.79 Å². The number of aryl methyl sites for hydroxylation is 1. The number of hydrogen-bond acceptors (Lipinski definition) is 1. The molecule has 1 atom stereocenters. The minimum absolute atomic E-state index is 0.0442. The summed E-state index contributed by atoms with van der Waals surface area (Å²) >= 11 is 5.72. The van der Waals surface area contributed by atoms with Crippen LogP contribution in [0.25, 0.3) is 0 Å². The summed E-state index contributed by atoms with van der Waals surface area (Å²) in [6.45, 7) is 4.34. The van der Waals surface area contributed by atoms with Gasteiger partial charge in [0.1, 0.15) is 5.38 Å². The van der Waals surface area contributed by atoms with Crippen LogP contribution < -0.4 is 0 Å². The van der Waals surface area contributed by atoms with E-state index >= 15 is 0 Å². The lowest BCUT2D eigenvalue weighted by Crippen LogP contribution is -2.31. The Bertz CT molecular complexity index is 332. The van der Waals surface area contributed by atoms with Crippen molar-refractivity contribution < 1.29 is 4.79 Å². The Hall–Kier alpha value is -1.02. The molecule has 15 heavy (non-hydrogen) atoms. The van der Waals surface area contributed by atoms with Crippen molar-refractivity contribution in [2.45, 2.75) is 25.8 Å². The first-order valence-electron chi connectivity index (χ1n) is 4.95. The monoisotopic (exact) mass is 225 g/mol. The maximum atomic E-state index is 11.5. The van der Waals surface area contributed by atoms with Crippen molar-refractivity contribution in [2.24, 2.45) is 0 Å². The number of amides is 1. The maximum absolute atomic E-state index is 11.5. The summed E-state index contributed by atoms with van der Waals surface area (Å²) < 4.78 is 0. The van der Waals surface area contributed by atoms with Crippen molar-refractivity contribution in [3.8, 4) is 0 Å². The van der Waals surface area contributed by atoms with Gasteiger partial charge in [-0.05, 0) is 19.4 Å². The highest BCUT2D eigenvalue weighted by molar-refractivity contribution is 6.30. The smallest absolute Gasteiger partial charge is 0.240 e. The molecule has 0 spiro atoms. The standard InChI is InChI=1S/C12H16ClNO/c1-9-4-6-11(7-5-9)8-14(3)12(15)10(2)13/h4-7,10H,8H2,1-3H3. The first-order chi connectivity index (χ1) is 7.00.